The maximum absolute atomic E-state index is 13.5. The molecule has 0 atom stereocenters. The molecule has 0 spiro atoms. The smallest absolute Gasteiger partial charge is 0.395 e. The second-order valence-electron chi connectivity index (χ2n) is 5.76. The van der Waals surface area contributed by atoms with Gasteiger partial charge < -0.3 is 16.4 Å². The van der Waals surface area contributed by atoms with E-state index in [1.807, 2.05) is 6.07 Å². The fraction of sp³-hybridized carbons (Fsp3) is 0.333. The average Bonchev–Trinajstić information content (AvgIpc) is 2.61. The summed E-state index contributed by atoms with van der Waals surface area (Å²) in [6.45, 7) is 0.635. The van der Waals surface area contributed by atoms with Crippen molar-refractivity contribution in [3.05, 3.63) is 41.1 Å². The molecule has 0 unspecified atom stereocenters. The number of hydrogen-bond acceptors (Lipinski definition) is 5. The standard InChI is InChI=1S/C18H20F3N5/c1-24-7-3-4-11-5-6-12(8-13(11)18(19,20)21)14-9-15(25-2)17(23)16(10-22)26-14/h5-6,8-9,24H,3-4,7,23H2,1-2H3,(H,25,26). The summed E-state index contributed by atoms with van der Waals surface area (Å²) in [5.74, 6) is 0. The van der Waals surface area contributed by atoms with E-state index >= 15 is 0 Å². The molecule has 5 nitrogen and oxygen atoms in total. The van der Waals surface area contributed by atoms with Gasteiger partial charge in [0.25, 0.3) is 0 Å². The summed E-state index contributed by atoms with van der Waals surface area (Å²) >= 11 is 0. The van der Waals surface area contributed by atoms with E-state index in [0.717, 1.165) is 6.07 Å². The Morgan fingerprint density at radius 1 is 1.23 bits per heavy atom. The monoisotopic (exact) mass is 363 g/mol. The molecule has 0 saturated carbocycles. The normalized spacial score (nSPS) is 11.2. The Morgan fingerprint density at radius 3 is 2.54 bits per heavy atom. The van der Waals surface area contributed by atoms with Gasteiger partial charge in [-0.25, -0.2) is 4.98 Å². The first kappa shape index (κ1) is 19.5. The van der Waals surface area contributed by atoms with Crippen LogP contribution in [0.1, 0.15) is 23.2 Å². The molecule has 26 heavy (non-hydrogen) atoms. The number of nitrogens with one attached hydrogen (secondary N) is 2. The van der Waals surface area contributed by atoms with Gasteiger partial charge in [-0.15, -0.1) is 0 Å². The number of hydrogen-bond donors (Lipinski definition) is 3. The third-order valence-electron chi connectivity index (χ3n) is 4.02. The van der Waals surface area contributed by atoms with Gasteiger partial charge in [-0.2, -0.15) is 18.4 Å². The van der Waals surface area contributed by atoms with Crippen LogP contribution in [0, 0.1) is 11.3 Å². The van der Waals surface area contributed by atoms with Crippen LogP contribution < -0.4 is 16.4 Å². The largest absolute Gasteiger partial charge is 0.416 e. The van der Waals surface area contributed by atoms with E-state index in [-0.39, 0.29) is 28.2 Å². The molecule has 2 rings (SSSR count). The molecule has 4 N–H and O–H groups in total. The molecule has 1 aromatic carbocycles. The molecule has 0 bridgehead atoms. The third-order valence-corrected chi connectivity index (χ3v) is 4.02. The Morgan fingerprint density at radius 2 is 1.96 bits per heavy atom. The molecule has 0 aliphatic rings. The Hall–Kier alpha value is -2.79. The number of nitrogens with zero attached hydrogens (tertiary/aromatic N) is 2. The molecule has 0 amide bonds. The quantitative estimate of drug-likeness (QED) is 0.685. The van der Waals surface area contributed by atoms with Crippen molar-refractivity contribution < 1.29 is 13.2 Å². The molecule has 0 aliphatic heterocycles. The van der Waals surface area contributed by atoms with E-state index in [9.17, 15) is 13.2 Å². The maximum atomic E-state index is 13.5. The number of halogens is 3. The van der Waals surface area contributed by atoms with Crippen LogP contribution in [0.5, 0.6) is 0 Å². The van der Waals surface area contributed by atoms with E-state index in [1.165, 1.54) is 12.1 Å². The highest BCUT2D eigenvalue weighted by atomic mass is 19.4. The first-order chi connectivity index (χ1) is 12.3. The van der Waals surface area contributed by atoms with Gasteiger partial charge in [0.1, 0.15) is 6.07 Å². The number of nitriles is 1. The van der Waals surface area contributed by atoms with Gasteiger partial charge in [0.05, 0.1) is 22.6 Å². The van der Waals surface area contributed by atoms with Crippen LogP contribution in [0.4, 0.5) is 24.5 Å². The maximum Gasteiger partial charge on any atom is 0.416 e. The van der Waals surface area contributed by atoms with Crippen molar-refractivity contribution in [3.63, 3.8) is 0 Å². The summed E-state index contributed by atoms with van der Waals surface area (Å²) in [7, 11) is 3.37. The van der Waals surface area contributed by atoms with Crippen LogP contribution in [0.25, 0.3) is 11.3 Å². The van der Waals surface area contributed by atoms with Crippen LogP contribution in [0.3, 0.4) is 0 Å². The first-order valence-corrected chi connectivity index (χ1v) is 8.05. The summed E-state index contributed by atoms with van der Waals surface area (Å²) in [5, 5.41) is 14.9. The van der Waals surface area contributed by atoms with Crippen LogP contribution in [0.15, 0.2) is 24.3 Å². The number of rotatable bonds is 6. The van der Waals surface area contributed by atoms with Gasteiger partial charge in [-0.05, 0) is 44.1 Å². The fourth-order valence-electron chi connectivity index (χ4n) is 2.67. The van der Waals surface area contributed by atoms with Crippen LogP contribution >= 0.6 is 0 Å². The number of pyridine rings is 1. The van der Waals surface area contributed by atoms with Crippen molar-refractivity contribution >= 4 is 11.4 Å². The minimum absolute atomic E-state index is 0.0292. The van der Waals surface area contributed by atoms with Gasteiger partial charge in [0.2, 0.25) is 0 Å². The topological polar surface area (TPSA) is 86.8 Å². The number of alkyl halides is 3. The van der Waals surface area contributed by atoms with Crippen molar-refractivity contribution in [2.75, 3.05) is 31.7 Å². The van der Waals surface area contributed by atoms with E-state index in [4.69, 9.17) is 11.0 Å². The van der Waals surface area contributed by atoms with Crippen molar-refractivity contribution in [1.29, 1.82) is 5.26 Å². The van der Waals surface area contributed by atoms with Crippen LogP contribution in [-0.4, -0.2) is 25.6 Å². The molecule has 0 aliphatic carbocycles. The average molecular weight is 363 g/mol. The van der Waals surface area contributed by atoms with Crippen molar-refractivity contribution in [2.24, 2.45) is 0 Å². The van der Waals surface area contributed by atoms with Crippen LogP contribution in [-0.2, 0) is 12.6 Å². The van der Waals surface area contributed by atoms with E-state index < -0.39 is 11.7 Å². The van der Waals surface area contributed by atoms with Gasteiger partial charge in [0, 0.05) is 12.6 Å². The second kappa shape index (κ2) is 8.06. The van der Waals surface area contributed by atoms with Crippen molar-refractivity contribution in [2.45, 2.75) is 19.0 Å². The Kier molecular flexibility index (Phi) is 6.05. The third kappa shape index (κ3) is 4.24. The zero-order valence-electron chi connectivity index (χ0n) is 14.5. The Bertz CT molecular complexity index is 825. The SMILES string of the molecule is CNCCCc1ccc(-c2cc(NC)c(N)c(C#N)n2)cc1C(F)(F)F. The number of aryl methyl sites for hydroxylation is 1. The van der Waals surface area contributed by atoms with E-state index in [2.05, 4.69) is 15.6 Å². The predicted octanol–water partition coefficient (Wildman–Crippen LogP) is 3.41. The highest BCUT2D eigenvalue weighted by Gasteiger charge is 2.33. The minimum Gasteiger partial charge on any atom is -0.395 e. The van der Waals surface area contributed by atoms with E-state index in [0.29, 0.717) is 25.1 Å². The molecule has 1 aromatic heterocycles. The van der Waals surface area contributed by atoms with Gasteiger partial charge >= 0.3 is 6.18 Å². The summed E-state index contributed by atoms with van der Waals surface area (Å²) < 4.78 is 40.5. The fourth-order valence-corrected chi connectivity index (χ4v) is 2.67. The lowest BCUT2D eigenvalue weighted by Crippen LogP contribution is -2.13. The summed E-state index contributed by atoms with van der Waals surface area (Å²) in [6.07, 6.45) is -3.55. The Labute approximate surface area is 150 Å². The summed E-state index contributed by atoms with van der Waals surface area (Å²) in [5.41, 5.74) is 6.48. The molecule has 1 heterocycles. The second-order valence-corrected chi connectivity index (χ2v) is 5.76. The molecule has 0 radical (unpaired) electrons. The predicted molar refractivity (Wildman–Crippen MR) is 95.6 cm³/mol. The minimum atomic E-state index is -4.47. The van der Waals surface area contributed by atoms with Crippen molar-refractivity contribution in [1.82, 2.24) is 10.3 Å². The molecule has 0 fully saturated rings. The summed E-state index contributed by atoms with van der Waals surface area (Å²) in [6, 6.07) is 7.53. The molecular formula is C18H20F3N5. The highest BCUT2D eigenvalue weighted by molar-refractivity contribution is 5.77. The lowest BCUT2D eigenvalue weighted by atomic mass is 9.97. The van der Waals surface area contributed by atoms with Gasteiger partial charge in [-0.3, -0.25) is 0 Å². The molecule has 8 heteroatoms. The molecular weight excluding hydrogens is 343 g/mol. The number of nitrogens with two attached hydrogens (primary N) is 1. The highest BCUT2D eigenvalue weighted by Crippen LogP contribution is 2.36. The number of anilines is 2. The summed E-state index contributed by atoms with van der Waals surface area (Å²) in [4.78, 5) is 4.09. The van der Waals surface area contributed by atoms with E-state index in [1.54, 1.807) is 20.2 Å². The first-order valence-electron chi connectivity index (χ1n) is 8.05. The zero-order valence-corrected chi connectivity index (χ0v) is 14.5. The van der Waals surface area contributed by atoms with Gasteiger partial charge in [0.15, 0.2) is 5.69 Å². The number of benzene rings is 1. The van der Waals surface area contributed by atoms with Crippen LogP contribution in [0.2, 0.25) is 0 Å². The molecule has 2 aromatic rings. The molecule has 138 valence electrons. The number of nitrogen functional groups attached to an aromatic ring is 1. The lowest BCUT2D eigenvalue weighted by Gasteiger charge is -2.15. The molecule has 0 saturated heterocycles. The lowest BCUT2D eigenvalue weighted by molar-refractivity contribution is -0.138. The van der Waals surface area contributed by atoms with Gasteiger partial charge in [-0.1, -0.05) is 12.1 Å². The van der Waals surface area contributed by atoms with Crippen molar-refractivity contribution in [3.8, 4) is 17.3 Å². The Balaban J connectivity index is 2.53. The zero-order chi connectivity index (χ0) is 19.3. The number of aromatic nitrogens is 1.